The Bertz CT molecular complexity index is 699. The van der Waals surface area contributed by atoms with Gasteiger partial charge in [0, 0.05) is 5.56 Å². The van der Waals surface area contributed by atoms with Gasteiger partial charge in [0.25, 0.3) is 5.91 Å². The van der Waals surface area contributed by atoms with Gasteiger partial charge in [0.15, 0.2) is 11.5 Å². The maximum absolute atomic E-state index is 12.8. The van der Waals surface area contributed by atoms with E-state index in [4.69, 9.17) is 9.47 Å². The van der Waals surface area contributed by atoms with Crippen LogP contribution in [0.4, 0.5) is 4.39 Å². The van der Waals surface area contributed by atoms with Crippen molar-refractivity contribution in [2.45, 2.75) is 6.92 Å². The zero-order valence-electron chi connectivity index (χ0n) is 12.9. The molecule has 5 nitrogen and oxygen atoms in total. The first-order valence-corrected chi connectivity index (χ1v) is 7.04. The van der Waals surface area contributed by atoms with Gasteiger partial charge in [-0.2, -0.15) is 5.10 Å². The molecule has 0 radical (unpaired) electrons. The minimum absolute atomic E-state index is 0.327. The molecule has 6 heteroatoms. The van der Waals surface area contributed by atoms with Gasteiger partial charge in [-0.15, -0.1) is 0 Å². The summed E-state index contributed by atoms with van der Waals surface area (Å²) in [5.74, 6) is 0.411. The Labute approximate surface area is 133 Å². The molecule has 0 aliphatic heterocycles. The summed E-state index contributed by atoms with van der Waals surface area (Å²) in [5.41, 5.74) is 3.45. The number of ether oxygens (including phenoxy) is 2. The van der Waals surface area contributed by atoms with Crippen LogP contribution in [0, 0.1) is 5.82 Å². The number of nitrogens with one attached hydrogen (secondary N) is 1. The molecular formula is C17H17FN2O3. The van der Waals surface area contributed by atoms with Gasteiger partial charge in [-0.25, -0.2) is 9.82 Å². The summed E-state index contributed by atoms with van der Waals surface area (Å²) in [4.78, 5) is 11.8. The molecular weight excluding hydrogens is 299 g/mol. The molecule has 0 saturated carbocycles. The van der Waals surface area contributed by atoms with E-state index in [1.807, 2.05) is 6.92 Å². The molecule has 0 aromatic heterocycles. The molecule has 0 atom stereocenters. The Balaban J connectivity index is 2.02. The molecule has 23 heavy (non-hydrogen) atoms. The van der Waals surface area contributed by atoms with Crippen molar-refractivity contribution in [1.82, 2.24) is 5.43 Å². The van der Waals surface area contributed by atoms with Crippen LogP contribution in [0.25, 0.3) is 0 Å². The van der Waals surface area contributed by atoms with E-state index in [1.54, 1.807) is 25.3 Å². The molecule has 0 saturated heterocycles. The fraction of sp³-hybridized carbons (Fsp3) is 0.176. The number of hydrogen-bond donors (Lipinski definition) is 1. The van der Waals surface area contributed by atoms with Crippen LogP contribution in [0.5, 0.6) is 11.5 Å². The van der Waals surface area contributed by atoms with Gasteiger partial charge in [0.2, 0.25) is 0 Å². The molecule has 0 aliphatic carbocycles. The molecule has 2 aromatic rings. The number of methoxy groups -OCH3 is 1. The third kappa shape index (κ3) is 4.54. The zero-order valence-corrected chi connectivity index (χ0v) is 12.9. The van der Waals surface area contributed by atoms with E-state index in [9.17, 15) is 9.18 Å². The Kier molecular flexibility index (Phi) is 5.68. The van der Waals surface area contributed by atoms with Crippen molar-refractivity contribution in [3.05, 3.63) is 59.4 Å². The van der Waals surface area contributed by atoms with E-state index >= 15 is 0 Å². The largest absolute Gasteiger partial charge is 0.493 e. The van der Waals surface area contributed by atoms with Gasteiger partial charge in [0.05, 0.1) is 19.9 Å². The number of carbonyl (C=O) groups is 1. The molecule has 0 aliphatic rings. The van der Waals surface area contributed by atoms with Gasteiger partial charge < -0.3 is 9.47 Å². The highest BCUT2D eigenvalue weighted by atomic mass is 19.1. The number of amides is 1. The van der Waals surface area contributed by atoms with Crippen molar-refractivity contribution in [2.75, 3.05) is 13.7 Å². The first-order valence-electron chi connectivity index (χ1n) is 7.04. The quantitative estimate of drug-likeness (QED) is 0.658. The second-order valence-corrected chi connectivity index (χ2v) is 4.55. The number of rotatable bonds is 6. The van der Waals surface area contributed by atoms with E-state index in [0.717, 1.165) is 5.56 Å². The van der Waals surface area contributed by atoms with Crippen LogP contribution in [0.2, 0.25) is 0 Å². The van der Waals surface area contributed by atoms with Crippen molar-refractivity contribution in [1.29, 1.82) is 0 Å². The molecule has 0 fully saturated rings. The minimum Gasteiger partial charge on any atom is -0.493 e. The summed E-state index contributed by atoms with van der Waals surface area (Å²) in [6.45, 7) is 2.43. The van der Waals surface area contributed by atoms with Crippen LogP contribution >= 0.6 is 0 Å². The van der Waals surface area contributed by atoms with Gasteiger partial charge in [-0.1, -0.05) is 0 Å². The summed E-state index contributed by atoms with van der Waals surface area (Å²) < 4.78 is 23.5. The topological polar surface area (TPSA) is 59.9 Å². The van der Waals surface area contributed by atoms with E-state index in [0.29, 0.717) is 23.7 Å². The fourth-order valence-corrected chi connectivity index (χ4v) is 1.87. The first kappa shape index (κ1) is 16.5. The maximum atomic E-state index is 12.8. The Morgan fingerprint density at radius 2 is 1.96 bits per heavy atom. The number of carbonyl (C=O) groups excluding carboxylic acids is 1. The summed E-state index contributed by atoms with van der Waals surface area (Å²) in [6.07, 6.45) is 1.49. The standard InChI is InChI=1S/C17H17FN2O3/c1-3-23-15-9-4-12(10-16(15)22-2)11-19-20-17(21)13-5-7-14(18)8-6-13/h4-11H,3H2,1-2H3,(H,20,21)/b19-11-. The highest BCUT2D eigenvalue weighted by molar-refractivity contribution is 5.94. The van der Waals surface area contributed by atoms with Crippen LogP contribution in [-0.2, 0) is 0 Å². The van der Waals surface area contributed by atoms with Gasteiger partial charge in [-0.05, 0) is 55.0 Å². The van der Waals surface area contributed by atoms with Gasteiger partial charge in [0.1, 0.15) is 5.82 Å². The van der Waals surface area contributed by atoms with Gasteiger partial charge >= 0.3 is 0 Å². The monoisotopic (exact) mass is 316 g/mol. The van der Waals surface area contributed by atoms with Crippen LogP contribution in [-0.4, -0.2) is 25.8 Å². The SMILES string of the molecule is CCOc1ccc(/C=N\NC(=O)c2ccc(F)cc2)cc1OC. The molecule has 2 aromatic carbocycles. The summed E-state index contributed by atoms with van der Waals surface area (Å²) in [7, 11) is 1.55. The number of nitrogens with zero attached hydrogens (tertiary/aromatic N) is 1. The predicted octanol–water partition coefficient (Wildman–Crippen LogP) is 3.00. The second kappa shape index (κ2) is 7.93. The summed E-state index contributed by atoms with van der Waals surface area (Å²) >= 11 is 0. The highest BCUT2D eigenvalue weighted by Gasteiger charge is 2.05. The lowest BCUT2D eigenvalue weighted by molar-refractivity contribution is 0.0955. The predicted molar refractivity (Wildman–Crippen MR) is 85.6 cm³/mol. The van der Waals surface area contributed by atoms with Crippen LogP contribution in [0.1, 0.15) is 22.8 Å². The van der Waals surface area contributed by atoms with Crippen LogP contribution < -0.4 is 14.9 Å². The van der Waals surface area contributed by atoms with Crippen LogP contribution in [0.3, 0.4) is 0 Å². The summed E-state index contributed by atoms with van der Waals surface area (Å²) in [6, 6.07) is 10.5. The number of hydrogen-bond acceptors (Lipinski definition) is 4. The van der Waals surface area contributed by atoms with Crippen molar-refractivity contribution in [3.8, 4) is 11.5 Å². The smallest absolute Gasteiger partial charge is 0.271 e. The fourth-order valence-electron chi connectivity index (χ4n) is 1.87. The van der Waals surface area contributed by atoms with E-state index in [-0.39, 0.29) is 0 Å². The first-order chi connectivity index (χ1) is 11.1. The van der Waals surface area contributed by atoms with Crippen molar-refractivity contribution in [3.63, 3.8) is 0 Å². The van der Waals surface area contributed by atoms with Crippen molar-refractivity contribution in [2.24, 2.45) is 5.10 Å². The van der Waals surface area contributed by atoms with Crippen LogP contribution in [0.15, 0.2) is 47.6 Å². The van der Waals surface area contributed by atoms with Crippen molar-refractivity contribution >= 4 is 12.1 Å². The third-order valence-corrected chi connectivity index (χ3v) is 2.97. The normalized spacial score (nSPS) is 10.6. The van der Waals surface area contributed by atoms with E-state index in [2.05, 4.69) is 10.5 Å². The molecule has 0 unspecified atom stereocenters. The molecule has 1 N–H and O–H groups in total. The molecule has 0 bridgehead atoms. The molecule has 0 spiro atoms. The minimum atomic E-state index is -0.417. The number of halogens is 1. The lowest BCUT2D eigenvalue weighted by Gasteiger charge is -2.09. The number of hydrazone groups is 1. The highest BCUT2D eigenvalue weighted by Crippen LogP contribution is 2.27. The maximum Gasteiger partial charge on any atom is 0.271 e. The van der Waals surface area contributed by atoms with Crippen molar-refractivity contribution < 1.29 is 18.7 Å². The summed E-state index contributed by atoms with van der Waals surface area (Å²) in [5, 5.41) is 3.88. The molecule has 2 rings (SSSR count). The second-order valence-electron chi connectivity index (χ2n) is 4.55. The average Bonchev–Trinajstić information content (AvgIpc) is 2.56. The molecule has 120 valence electrons. The zero-order chi connectivity index (χ0) is 16.7. The average molecular weight is 316 g/mol. The lowest BCUT2D eigenvalue weighted by Crippen LogP contribution is -2.17. The Morgan fingerprint density at radius 1 is 1.22 bits per heavy atom. The lowest BCUT2D eigenvalue weighted by atomic mass is 10.2. The van der Waals surface area contributed by atoms with Gasteiger partial charge in [-0.3, -0.25) is 4.79 Å². The molecule has 0 heterocycles. The Morgan fingerprint density at radius 3 is 2.61 bits per heavy atom. The van der Waals surface area contributed by atoms with E-state index < -0.39 is 11.7 Å². The van der Waals surface area contributed by atoms with E-state index in [1.165, 1.54) is 30.5 Å². The Hall–Kier alpha value is -2.89. The number of benzene rings is 2. The third-order valence-electron chi connectivity index (χ3n) is 2.97. The molecule has 1 amide bonds.